The van der Waals surface area contributed by atoms with Gasteiger partial charge < -0.3 is 15.4 Å². The quantitative estimate of drug-likeness (QED) is 0.673. The van der Waals surface area contributed by atoms with Crippen LogP contribution in [-0.4, -0.2) is 30.6 Å². The molecule has 0 aliphatic rings. The number of nitrogens with one attached hydrogen (secondary N) is 2. The number of carbonyl (C=O) groups excluding carboxylic acids is 1. The fraction of sp³-hybridized carbons (Fsp3) is 0.474. The minimum absolute atomic E-state index is 0.00690. The molecule has 2 N–H and O–H groups in total. The van der Waals surface area contributed by atoms with Gasteiger partial charge in [0.15, 0.2) is 5.13 Å². The minimum Gasteiger partial charge on any atom is -0.382 e. The van der Waals surface area contributed by atoms with Gasteiger partial charge in [-0.2, -0.15) is 0 Å². The highest BCUT2D eigenvalue weighted by Crippen LogP contribution is 2.26. The lowest BCUT2D eigenvalue weighted by atomic mass is 9.95. The summed E-state index contributed by atoms with van der Waals surface area (Å²) in [5, 5.41) is 9.20. The highest BCUT2D eigenvalue weighted by molar-refractivity contribution is 7.14. The van der Waals surface area contributed by atoms with E-state index >= 15 is 0 Å². The third-order valence-electron chi connectivity index (χ3n) is 3.57. The van der Waals surface area contributed by atoms with Crippen molar-refractivity contribution in [3.8, 4) is 11.3 Å². The molecule has 0 unspecified atom stereocenters. The van der Waals surface area contributed by atoms with Crippen LogP contribution in [0.4, 0.5) is 10.8 Å². The first-order chi connectivity index (χ1) is 11.9. The second kappa shape index (κ2) is 8.97. The summed E-state index contributed by atoms with van der Waals surface area (Å²) >= 11 is 1.59. The van der Waals surface area contributed by atoms with E-state index in [9.17, 15) is 4.79 Å². The Balaban J connectivity index is 1.91. The molecule has 0 aliphatic heterocycles. The van der Waals surface area contributed by atoms with E-state index in [2.05, 4.69) is 15.6 Å². The monoisotopic (exact) mass is 361 g/mol. The van der Waals surface area contributed by atoms with Gasteiger partial charge in [0, 0.05) is 41.8 Å². The van der Waals surface area contributed by atoms with Gasteiger partial charge in [-0.25, -0.2) is 4.98 Å². The molecule has 0 saturated heterocycles. The molecule has 0 aliphatic carbocycles. The van der Waals surface area contributed by atoms with E-state index in [1.165, 1.54) is 0 Å². The summed E-state index contributed by atoms with van der Waals surface area (Å²) in [6.45, 7) is 10.1. The molecule has 0 atom stereocenters. The van der Waals surface area contributed by atoms with Crippen LogP contribution in [0.5, 0.6) is 0 Å². The van der Waals surface area contributed by atoms with Crippen LogP contribution in [0.1, 0.15) is 34.1 Å². The van der Waals surface area contributed by atoms with Crippen molar-refractivity contribution in [2.75, 3.05) is 30.4 Å². The van der Waals surface area contributed by atoms with E-state index in [0.29, 0.717) is 0 Å². The van der Waals surface area contributed by atoms with Crippen LogP contribution in [0, 0.1) is 5.41 Å². The number of nitrogens with zero attached hydrogens (tertiary/aromatic N) is 1. The molecule has 0 radical (unpaired) electrons. The van der Waals surface area contributed by atoms with Crippen LogP contribution < -0.4 is 10.6 Å². The second-order valence-corrected chi connectivity index (χ2v) is 7.65. The van der Waals surface area contributed by atoms with Gasteiger partial charge in [0.2, 0.25) is 5.91 Å². The highest BCUT2D eigenvalue weighted by Gasteiger charge is 2.21. The molecule has 0 bridgehead atoms. The topological polar surface area (TPSA) is 63.2 Å². The third kappa shape index (κ3) is 6.14. The van der Waals surface area contributed by atoms with Crippen molar-refractivity contribution in [3.05, 3.63) is 29.6 Å². The first-order valence-electron chi connectivity index (χ1n) is 8.59. The lowest BCUT2D eigenvalue weighted by Crippen LogP contribution is -2.27. The molecule has 0 fully saturated rings. The van der Waals surface area contributed by atoms with Crippen LogP contribution in [-0.2, 0) is 9.53 Å². The van der Waals surface area contributed by atoms with Crippen LogP contribution in [0.3, 0.4) is 0 Å². The molecular weight excluding hydrogens is 334 g/mol. The van der Waals surface area contributed by atoms with Crippen LogP contribution in [0.15, 0.2) is 29.6 Å². The number of ether oxygens (including phenoxy) is 1. The molecule has 0 saturated carbocycles. The van der Waals surface area contributed by atoms with E-state index < -0.39 is 5.41 Å². The fourth-order valence-corrected chi connectivity index (χ4v) is 2.79. The molecule has 5 nitrogen and oxygen atoms in total. The maximum absolute atomic E-state index is 12.0. The Bertz CT molecular complexity index is 675. The first-order valence-corrected chi connectivity index (χ1v) is 9.47. The zero-order chi connectivity index (χ0) is 18.3. The van der Waals surface area contributed by atoms with Gasteiger partial charge in [-0.1, -0.05) is 32.9 Å². The van der Waals surface area contributed by atoms with Crippen LogP contribution in [0.2, 0.25) is 0 Å². The fourth-order valence-electron chi connectivity index (χ4n) is 2.04. The maximum atomic E-state index is 12.0. The summed E-state index contributed by atoms with van der Waals surface area (Å²) in [5.74, 6) is 0.00690. The number of rotatable bonds is 8. The summed E-state index contributed by atoms with van der Waals surface area (Å²) in [6, 6.07) is 7.78. The van der Waals surface area contributed by atoms with Crippen molar-refractivity contribution in [1.29, 1.82) is 0 Å². The maximum Gasteiger partial charge on any atom is 0.229 e. The summed E-state index contributed by atoms with van der Waals surface area (Å²) in [5.41, 5.74) is 2.36. The predicted octanol–water partition coefficient (Wildman–Crippen LogP) is 4.63. The Kier molecular flexibility index (Phi) is 6.96. The van der Waals surface area contributed by atoms with E-state index in [-0.39, 0.29) is 5.91 Å². The smallest absolute Gasteiger partial charge is 0.229 e. The molecule has 2 rings (SSSR count). The number of thiazole rings is 1. The van der Waals surface area contributed by atoms with Crippen LogP contribution in [0.25, 0.3) is 11.3 Å². The molecule has 1 heterocycles. The van der Waals surface area contributed by atoms with Gasteiger partial charge in [0.05, 0.1) is 5.69 Å². The number of hydrogen-bond acceptors (Lipinski definition) is 5. The van der Waals surface area contributed by atoms with E-state index in [1.54, 1.807) is 11.3 Å². The van der Waals surface area contributed by atoms with E-state index in [1.807, 2.05) is 57.3 Å². The first kappa shape index (κ1) is 19.4. The summed E-state index contributed by atoms with van der Waals surface area (Å²) in [4.78, 5) is 16.6. The Hall–Kier alpha value is -1.92. The lowest BCUT2D eigenvalue weighted by molar-refractivity contribution is -0.123. The summed E-state index contributed by atoms with van der Waals surface area (Å²) in [7, 11) is 0. The molecule has 1 aromatic heterocycles. The largest absolute Gasteiger partial charge is 0.382 e. The Morgan fingerprint density at radius 3 is 2.60 bits per heavy atom. The molecule has 136 valence electrons. The number of amides is 1. The van der Waals surface area contributed by atoms with Crippen molar-refractivity contribution in [2.45, 2.75) is 34.1 Å². The van der Waals surface area contributed by atoms with Crippen molar-refractivity contribution >= 4 is 28.1 Å². The molecule has 6 heteroatoms. The summed E-state index contributed by atoms with van der Waals surface area (Å²) in [6.07, 6.45) is 0.963. The highest BCUT2D eigenvalue weighted by atomic mass is 32.1. The van der Waals surface area contributed by atoms with Crippen molar-refractivity contribution < 1.29 is 9.53 Å². The molecular formula is C19H27N3O2S. The van der Waals surface area contributed by atoms with E-state index in [4.69, 9.17) is 4.74 Å². The normalized spacial score (nSPS) is 11.4. The Morgan fingerprint density at radius 1 is 1.24 bits per heavy atom. The standard InChI is InChI=1S/C19H27N3O2S/c1-5-24-12-6-11-20-18-22-16(13-25-18)14-7-9-15(10-8-14)21-17(23)19(2,3)4/h7-10,13H,5-6,11-12H2,1-4H3,(H,20,22)(H,21,23). The third-order valence-corrected chi connectivity index (χ3v) is 4.37. The number of aromatic nitrogens is 1. The van der Waals surface area contributed by atoms with Gasteiger partial charge >= 0.3 is 0 Å². The molecule has 0 spiro atoms. The summed E-state index contributed by atoms with van der Waals surface area (Å²) < 4.78 is 5.32. The van der Waals surface area contributed by atoms with Crippen molar-refractivity contribution in [1.82, 2.24) is 4.98 Å². The van der Waals surface area contributed by atoms with Gasteiger partial charge in [-0.15, -0.1) is 11.3 Å². The molecule has 1 amide bonds. The number of benzene rings is 1. The second-order valence-electron chi connectivity index (χ2n) is 6.80. The minimum atomic E-state index is -0.406. The Morgan fingerprint density at radius 2 is 1.96 bits per heavy atom. The molecule has 2 aromatic rings. The number of anilines is 2. The average molecular weight is 362 g/mol. The van der Waals surface area contributed by atoms with Gasteiger partial charge in [0.1, 0.15) is 0 Å². The van der Waals surface area contributed by atoms with Crippen molar-refractivity contribution in [2.24, 2.45) is 5.41 Å². The number of carbonyl (C=O) groups is 1. The molecule has 1 aromatic carbocycles. The Labute approximate surface area is 153 Å². The zero-order valence-electron chi connectivity index (χ0n) is 15.4. The molecule has 25 heavy (non-hydrogen) atoms. The predicted molar refractivity (Wildman–Crippen MR) is 105 cm³/mol. The van der Waals surface area contributed by atoms with Crippen LogP contribution >= 0.6 is 11.3 Å². The lowest BCUT2D eigenvalue weighted by Gasteiger charge is -2.17. The zero-order valence-corrected chi connectivity index (χ0v) is 16.2. The van der Waals surface area contributed by atoms with Gasteiger partial charge in [0.25, 0.3) is 0 Å². The van der Waals surface area contributed by atoms with Gasteiger partial charge in [-0.3, -0.25) is 4.79 Å². The average Bonchev–Trinajstić information content (AvgIpc) is 3.03. The van der Waals surface area contributed by atoms with Crippen molar-refractivity contribution in [3.63, 3.8) is 0 Å². The number of hydrogen-bond donors (Lipinski definition) is 2. The SMILES string of the molecule is CCOCCCNc1nc(-c2ccc(NC(=O)C(C)(C)C)cc2)cs1. The van der Waals surface area contributed by atoms with E-state index in [0.717, 1.165) is 48.3 Å². The van der Waals surface area contributed by atoms with Gasteiger partial charge in [-0.05, 0) is 25.5 Å².